The Labute approximate surface area is 147 Å². The van der Waals surface area contributed by atoms with Crippen molar-refractivity contribution in [2.75, 3.05) is 13.1 Å². The van der Waals surface area contributed by atoms with Crippen LogP contribution < -0.4 is 14.2 Å². The molecule has 0 radical (unpaired) electrons. The molecule has 2 aromatic carbocycles. The van der Waals surface area contributed by atoms with Crippen molar-refractivity contribution in [1.82, 2.24) is 5.32 Å². The van der Waals surface area contributed by atoms with Gasteiger partial charge in [0.1, 0.15) is 0 Å². The quantitative estimate of drug-likeness (QED) is 0.528. The van der Waals surface area contributed by atoms with E-state index < -0.39 is 0 Å². The van der Waals surface area contributed by atoms with Crippen molar-refractivity contribution in [3.63, 3.8) is 0 Å². The number of nitrogens with one attached hydrogen (secondary N) is 1. The van der Waals surface area contributed by atoms with Gasteiger partial charge in [0.05, 0.1) is 0 Å². The zero-order valence-electron chi connectivity index (χ0n) is 13.1. The molecule has 0 unspecified atom stereocenters. The van der Waals surface area contributed by atoms with E-state index in [4.69, 9.17) is 0 Å². The Balaban J connectivity index is 0.000000463. The third-order valence-electron chi connectivity index (χ3n) is 2.65. The molecule has 0 saturated heterocycles. The minimum atomic E-state index is 0.123. The van der Waals surface area contributed by atoms with Crippen LogP contribution in [0.2, 0.25) is 0 Å². The molecule has 1 N–H and O–H groups in total. The molecule has 5 nitrogen and oxygen atoms in total. The van der Waals surface area contributed by atoms with Crippen molar-refractivity contribution in [2.45, 2.75) is 13.8 Å². The van der Waals surface area contributed by atoms with E-state index in [9.17, 15) is 9.81 Å². The third kappa shape index (κ3) is 7.16. The van der Waals surface area contributed by atoms with Gasteiger partial charge in [-0.15, -0.1) is 0 Å². The van der Waals surface area contributed by atoms with Crippen LogP contribution in [0.25, 0.3) is 0 Å². The summed E-state index contributed by atoms with van der Waals surface area (Å²) in [5, 5.41) is 9.14. The van der Waals surface area contributed by atoms with E-state index in [0.717, 1.165) is 22.0 Å². The molecule has 0 aromatic heterocycles. The van der Waals surface area contributed by atoms with Gasteiger partial charge in [0.25, 0.3) is 0 Å². The predicted molar refractivity (Wildman–Crippen MR) is 98.8 cm³/mol. The number of nitrogens with zero attached hydrogens (tertiary/aromatic N) is 2. The maximum atomic E-state index is 10.7. The van der Waals surface area contributed by atoms with Gasteiger partial charge >= 0.3 is 115 Å². The molecule has 0 spiro atoms. The first-order valence-electron chi connectivity index (χ1n) is 7.16. The molecule has 0 aliphatic heterocycles. The number of nitroso groups, excluding NO2 is 2. The predicted octanol–water partition coefficient (Wildman–Crippen LogP) is 2.37. The molecule has 2 aromatic rings. The zero-order valence-corrected chi connectivity index (χ0v) is 16.5. The molecule has 2 rings (SSSR count). The van der Waals surface area contributed by atoms with Crippen molar-refractivity contribution in [3.8, 4) is 0 Å². The monoisotopic (exact) mass is 445 g/mol. The van der Waals surface area contributed by atoms with E-state index in [2.05, 4.69) is 29.5 Å². The van der Waals surface area contributed by atoms with E-state index in [1.165, 1.54) is 0 Å². The van der Waals surface area contributed by atoms with Crippen LogP contribution in [0.4, 0.5) is 11.4 Å². The molecule has 0 bridgehead atoms. The van der Waals surface area contributed by atoms with E-state index in [1.54, 1.807) is 24.3 Å². The Bertz CT molecular complexity index is 570. The van der Waals surface area contributed by atoms with Crippen LogP contribution in [0.3, 0.4) is 0 Å². The molecule has 122 valence electrons. The molecule has 7 heteroatoms. The van der Waals surface area contributed by atoms with Gasteiger partial charge in [-0.05, 0) is 13.1 Å². The summed E-state index contributed by atoms with van der Waals surface area (Å²) in [6, 6.07) is 14.6. The summed E-state index contributed by atoms with van der Waals surface area (Å²) in [6.45, 7) is 6.39. The molecular formula is C16H19N3O2Se2. The van der Waals surface area contributed by atoms with Crippen LogP contribution in [0.5, 0.6) is 0 Å². The summed E-state index contributed by atoms with van der Waals surface area (Å²) in [5.74, 6) is 0. The first kappa shape index (κ1) is 19.7. The van der Waals surface area contributed by atoms with Crippen molar-refractivity contribution >= 4 is 46.6 Å². The fourth-order valence-electron chi connectivity index (χ4n) is 1.55. The Morgan fingerprint density at radius 1 is 0.783 bits per heavy atom. The van der Waals surface area contributed by atoms with Crippen LogP contribution in [0.15, 0.2) is 58.9 Å². The number of hydrogen-bond donors (Lipinski definition) is 1. The zero-order chi connectivity index (χ0) is 16.9. The summed E-state index contributed by atoms with van der Waals surface area (Å²) < 4.78 is 1.95. The van der Waals surface area contributed by atoms with E-state index in [1.807, 2.05) is 24.3 Å². The Morgan fingerprint density at radius 2 is 1.17 bits per heavy atom. The van der Waals surface area contributed by atoms with Crippen LogP contribution in [-0.4, -0.2) is 39.4 Å². The minimum absolute atomic E-state index is 0.123. The van der Waals surface area contributed by atoms with Gasteiger partial charge in [0, 0.05) is 0 Å². The fourth-order valence-corrected chi connectivity index (χ4v) is 8.32. The Morgan fingerprint density at radius 3 is 1.48 bits per heavy atom. The van der Waals surface area contributed by atoms with Gasteiger partial charge in [-0.2, -0.15) is 0 Å². The van der Waals surface area contributed by atoms with Gasteiger partial charge in [0.15, 0.2) is 0 Å². The first-order chi connectivity index (χ1) is 11.3. The van der Waals surface area contributed by atoms with Crippen molar-refractivity contribution in [1.29, 1.82) is 0 Å². The Kier molecular flexibility index (Phi) is 10.4. The second-order valence-electron chi connectivity index (χ2n) is 4.24. The Hall–Kier alpha value is -1.36. The van der Waals surface area contributed by atoms with E-state index >= 15 is 0 Å². The van der Waals surface area contributed by atoms with Crippen LogP contribution in [0, 0.1) is 9.81 Å². The molecule has 0 aliphatic carbocycles. The molecule has 0 heterocycles. The fraction of sp³-hybridized carbons (Fsp3) is 0.250. The van der Waals surface area contributed by atoms with E-state index in [-0.39, 0.29) is 26.3 Å². The van der Waals surface area contributed by atoms with Crippen molar-refractivity contribution in [2.24, 2.45) is 10.4 Å². The summed E-state index contributed by atoms with van der Waals surface area (Å²) in [5.41, 5.74) is 0.992. The topological polar surface area (TPSA) is 70.9 Å². The molecule has 0 saturated carbocycles. The average Bonchev–Trinajstić information content (AvgIpc) is 2.61. The maximum absolute atomic E-state index is 10.7. The standard InChI is InChI=1S/C12H8N2O2Se2.C4H11N/c15-13-9-5-1-3-7-11(9)17-18-12-8-4-2-6-10(12)14-16;1-3-5-4-2/h1-8H;5H,3-4H2,1-2H3. The summed E-state index contributed by atoms with van der Waals surface area (Å²) >= 11 is 0.247. The normalized spacial score (nSPS) is 9.65. The van der Waals surface area contributed by atoms with Crippen LogP contribution >= 0.6 is 0 Å². The van der Waals surface area contributed by atoms with E-state index in [0.29, 0.717) is 11.4 Å². The van der Waals surface area contributed by atoms with Gasteiger partial charge in [-0.25, -0.2) is 0 Å². The molecule has 0 aliphatic rings. The first-order valence-corrected chi connectivity index (χ1v) is 13.2. The summed E-state index contributed by atoms with van der Waals surface area (Å²) in [6.07, 6.45) is 0. The summed E-state index contributed by atoms with van der Waals surface area (Å²) in [7, 11) is 0. The molecule has 0 fully saturated rings. The molecular weight excluding hydrogens is 424 g/mol. The molecule has 23 heavy (non-hydrogen) atoms. The molecule has 0 amide bonds. The third-order valence-corrected chi connectivity index (χ3v) is 9.85. The second kappa shape index (κ2) is 12.1. The summed E-state index contributed by atoms with van der Waals surface area (Å²) in [4.78, 5) is 21.3. The number of benzene rings is 2. The van der Waals surface area contributed by atoms with Gasteiger partial charge < -0.3 is 5.32 Å². The van der Waals surface area contributed by atoms with Gasteiger partial charge in [-0.1, -0.05) is 13.8 Å². The SMILES string of the molecule is CCNCC.O=Nc1ccccc1[Se][Se]c1ccccc1N=O. The number of rotatable bonds is 7. The van der Waals surface area contributed by atoms with Crippen LogP contribution in [-0.2, 0) is 0 Å². The second-order valence-corrected chi connectivity index (χ2v) is 10.4. The van der Waals surface area contributed by atoms with Gasteiger partial charge in [-0.3, -0.25) is 0 Å². The van der Waals surface area contributed by atoms with Crippen LogP contribution in [0.1, 0.15) is 13.8 Å². The average molecular weight is 443 g/mol. The van der Waals surface area contributed by atoms with Crippen molar-refractivity contribution in [3.05, 3.63) is 58.3 Å². The van der Waals surface area contributed by atoms with Gasteiger partial charge in [0.2, 0.25) is 0 Å². The van der Waals surface area contributed by atoms with Crippen molar-refractivity contribution < 1.29 is 0 Å². The molecule has 0 atom stereocenters. The number of hydrogen-bond acceptors (Lipinski definition) is 5.